The fraction of sp³-hybridized carbons (Fsp3) is 0.556. The number of hydrogen-bond donors (Lipinski definition) is 1. The van der Waals surface area contributed by atoms with Crippen molar-refractivity contribution in [3.8, 4) is 0 Å². The van der Waals surface area contributed by atoms with Gasteiger partial charge in [0.1, 0.15) is 23.9 Å². The van der Waals surface area contributed by atoms with Gasteiger partial charge in [0.2, 0.25) is 0 Å². The zero-order chi connectivity index (χ0) is 11.4. The van der Waals surface area contributed by atoms with E-state index in [1.165, 1.54) is 17.9 Å². The van der Waals surface area contributed by atoms with Crippen LogP contribution in [0.1, 0.15) is 31.0 Å². The predicted octanol–water partition coefficient (Wildman–Crippen LogP) is 0.816. The molecule has 6 nitrogen and oxygen atoms in total. The highest BCUT2D eigenvalue weighted by molar-refractivity contribution is 7.03. The van der Waals surface area contributed by atoms with E-state index in [1.54, 1.807) is 5.38 Å². The minimum absolute atomic E-state index is 0.422. The Bertz CT molecular complexity index is 427. The van der Waals surface area contributed by atoms with E-state index in [4.69, 9.17) is 0 Å². The monoisotopic (exact) mass is 239 g/mol. The van der Waals surface area contributed by atoms with Crippen molar-refractivity contribution < 1.29 is 5.11 Å². The second-order valence-corrected chi connectivity index (χ2v) is 4.06. The van der Waals surface area contributed by atoms with Gasteiger partial charge in [0.05, 0.1) is 0 Å². The van der Waals surface area contributed by atoms with Gasteiger partial charge in [0.15, 0.2) is 0 Å². The zero-order valence-electron chi connectivity index (χ0n) is 8.94. The number of aryl methyl sites for hydroxylation is 1. The molecule has 2 aromatic rings. The molecule has 0 fully saturated rings. The van der Waals surface area contributed by atoms with Crippen molar-refractivity contribution in [3.63, 3.8) is 0 Å². The smallest absolute Gasteiger partial charge is 0.138 e. The molecule has 0 aliphatic rings. The van der Waals surface area contributed by atoms with Crippen LogP contribution in [0.2, 0.25) is 0 Å². The lowest BCUT2D eigenvalue weighted by Gasteiger charge is -2.07. The molecule has 0 aliphatic carbocycles. The standard InChI is InChI=1S/C9H13N5OS/c1-2-3-14-9(10-6-11-14)4-8(15)7-5-16-13-12-7/h5-6,8,15H,2-4H2,1H3. The quantitative estimate of drug-likeness (QED) is 0.835. The average Bonchev–Trinajstić information content (AvgIpc) is 2.90. The maximum absolute atomic E-state index is 9.90. The van der Waals surface area contributed by atoms with E-state index in [9.17, 15) is 5.11 Å². The van der Waals surface area contributed by atoms with Crippen molar-refractivity contribution in [2.45, 2.75) is 32.4 Å². The van der Waals surface area contributed by atoms with E-state index < -0.39 is 6.10 Å². The molecule has 1 atom stereocenters. The Labute approximate surface area is 97.1 Å². The molecule has 2 aromatic heterocycles. The van der Waals surface area contributed by atoms with Gasteiger partial charge in [-0.25, -0.2) is 4.98 Å². The number of aliphatic hydroxyl groups excluding tert-OH is 1. The molecule has 0 saturated heterocycles. The molecule has 0 amide bonds. The molecular formula is C9H13N5OS. The third-order valence-corrected chi connectivity index (χ3v) is 2.75. The van der Waals surface area contributed by atoms with Crippen LogP contribution in [0, 0.1) is 0 Å². The van der Waals surface area contributed by atoms with Crippen LogP contribution in [0.25, 0.3) is 0 Å². The maximum atomic E-state index is 9.90. The zero-order valence-corrected chi connectivity index (χ0v) is 9.76. The number of nitrogens with zero attached hydrogens (tertiary/aromatic N) is 5. The van der Waals surface area contributed by atoms with Crippen LogP contribution < -0.4 is 0 Å². The topological polar surface area (TPSA) is 76.7 Å². The van der Waals surface area contributed by atoms with Crippen molar-refractivity contribution >= 4 is 11.5 Å². The van der Waals surface area contributed by atoms with Gasteiger partial charge in [0.25, 0.3) is 0 Å². The molecule has 16 heavy (non-hydrogen) atoms. The highest BCUT2D eigenvalue weighted by Gasteiger charge is 2.15. The van der Waals surface area contributed by atoms with Crippen molar-refractivity contribution in [2.75, 3.05) is 0 Å². The summed E-state index contributed by atoms with van der Waals surface area (Å²) < 4.78 is 5.53. The fourth-order valence-electron chi connectivity index (χ4n) is 1.44. The SMILES string of the molecule is CCCn1ncnc1CC(O)c1csnn1. The Kier molecular flexibility index (Phi) is 3.58. The Hall–Kier alpha value is -1.34. The molecule has 0 aromatic carbocycles. The van der Waals surface area contributed by atoms with Gasteiger partial charge < -0.3 is 5.11 Å². The summed E-state index contributed by atoms with van der Waals surface area (Å²) >= 11 is 1.23. The van der Waals surface area contributed by atoms with Gasteiger partial charge in [-0.15, -0.1) is 5.10 Å². The molecule has 1 unspecified atom stereocenters. The van der Waals surface area contributed by atoms with Gasteiger partial charge >= 0.3 is 0 Å². The lowest BCUT2D eigenvalue weighted by atomic mass is 10.2. The predicted molar refractivity (Wildman–Crippen MR) is 58.9 cm³/mol. The maximum Gasteiger partial charge on any atom is 0.138 e. The first-order valence-electron chi connectivity index (χ1n) is 5.13. The molecule has 7 heteroatoms. The van der Waals surface area contributed by atoms with Gasteiger partial charge in [-0.2, -0.15) is 5.10 Å². The van der Waals surface area contributed by atoms with E-state index >= 15 is 0 Å². The van der Waals surface area contributed by atoms with Crippen molar-refractivity contribution in [1.29, 1.82) is 0 Å². The van der Waals surface area contributed by atoms with Crippen LogP contribution >= 0.6 is 11.5 Å². The highest BCUT2D eigenvalue weighted by Crippen LogP contribution is 2.15. The molecule has 0 spiro atoms. The van der Waals surface area contributed by atoms with Crippen molar-refractivity contribution in [3.05, 3.63) is 23.2 Å². The molecule has 0 radical (unpaired) electrons. The Morgan fingerprint density at radius 3 is 3.12 bits per heavy atom. The molecule has 0 aliphatic heterocycles. The summed E-state index contributed by atoms with van der Waals surface area (Å²) in [7, 11) is 0. The molecule has 2 heterocycles. The van der Waals surface area contributed by atoms with Crippen LogP contribution in [0.3, 0.4) is 0 Å². The minimum Gasteiger partial charge on any atom is -0.386 e. The Balaban J connectivity index is 2.06. The van der Waals surface area contributed by atoms with E-state index in [-0.39, 0.29) is 0 Å². The number of aromatic nitrogens is 5. The largest absolute Gasteiger partial charge is 0.386 e. The van der Waals surface area contributed by atoms with Crippen LogP contribution in [-0.2, 0) is 13.0 Å². The third-order valence-electron chi connectivity index (χ3n) is 2.23. The molecule has 0 bridgehead atoms. The Morgan fingerprint density at radius 2 is 2.44 bits per heavy atom. The Morgan fingerprint density at radius 1 is 1.56 bits per heavy atom. The third kappa shape index (κ3) is 2.42. The highest BCUT2D eigenvalue weighted by atomic mass is 32.1. The first kappa shape index (κ1) is 11.2. The summed E-state index contributed by atoms with van der Waals surface area (Å²) in [5.41, 5.74) is 0.594. The lowest BCUT2D eigenvalue weighted by Crippen LogP contribution is -2.10. The lowest BCUT2D eigenvalue weighted by molar-refractivity contribution is 0.169. The molecular weight excluding hydrogens is 226 g/mol. The molecule has 86 valence electrons. The van der Waals surface area contributed by atoms with Crippen LogP contribution in [0.15, 0.2) is 11.7 Å². The second-order valence-electron chi connectivity index (χ2n) is 3.45. The summed E-state index contributed by atoms with van der Waals surface area (Å²) in [6.45, 7) is 2.89. The van der Waals surface area contributed by atoms with Crippen LogP contribution in [0.5, 0.6) is 0 Å². The summed E-state index contributed by atoms with van der Waals surface area (Å²) in [5, 5.41) is 19.6. The van der Waals surface area contributed by atoms with E-state index in [0.29, 0.717) is 12.1 Å². The van der Waals surface area contributed by atoms with E-state index in [0.717, 1.165) is 18.8 Å². The molecule has 0 saturated carbocycles. The van der Waals surface area contributed by atoms with E-state index in [1.807, 2.05) is 4.68 Å². The van der Waals surface area contributed by atoms with E-state index in [2.05, 4.69) is 26.6 Å². The van der Waals surface area contributed by atoms with Crippen LogP contribution in [-0.4, -0.2) is 29.5 Å². The van der Waals surface area contributed by atoms with Gasteiger partial charge in [0, 0.05) is 18.3 Å². The normalized spacial score (nSPS) is 12.9. The fourth-order valence-corrected chi connectivity index (χ4v) is 1.94. The summed E-state index contributed by atoms with van der Waals surface area (Å²) in [4.78, 5) is 4.13. The van der Waals surface area contributed by atoms with Crippen molar-refractivity contribution in [2.24, 2.45) is 0 Å². The minimum atomic E-state index is -0.654. The van der Waals surface area contributed by atoms with Crippen LogP contribution in [0.4, 0.5) is 0 Å². The summed E-state index contributed by atoms with van der Waals surface area (Å²) in [6, 6.07) is 0. The molecule has 1 N–H and O–H groups in total. The number of hydrogen-bond acceptors (Lipinski definition) is 6. The number of rotatable bonds is 5. The first-order valence-corrected chi connectivity index (χ1v) is 5.96. The average molecular weight is 239 g/mol. The summed E-state index contributed by atoms with van der Waals surface area (Å²) in [5.74, 6) is 0.780. The number of aliphatic hydroxyl groups is 1. The van der Waals surface area contributed by atoms with Gasteiger partial charge in [-0.05, 0) is 18.0 Å². The van der Waals surface area contributed by atoms with Gasteiger partial charge in [-0.1, -0.05) is 11.4 Å². The van der Waals surface area contributed by atoms with Gasteiger partial charge in [-0.3, -0.25) is 4.68 Å². The van der Waals surface area contributed by atoms with Crippen molar-refractivity contribution in [1.82, 2.24) is 24.4 Å². The first-order chi connectivity index (χ1) is 7.81. The molecule has 2 rings (SSSR count). The second kappa shape index (κ2) is 5.13. The summed E-state index contributed by atoms with van der Waals surface area (Å²) in [6.07, 6.45) is 2.27.